The molecule has 0 bridgehead atoms. The van der Waals surface area contributed by atoms with Gasteiger partial charge in [0, 0.05) is 27.2 Å². The van der Waals surface area contributed by atoms with Crippen LogP contribution in [0, 0.1) is 6.92 Å². The summed E-state index contributed by atoms with van der Waals surface area (Å²) < 4.78 is 0. The zero-order valence-corrected chi connectivity index (χ0v) is 13.8. The molecule has 4 nitrogen and oxygen atoms in total. The van der Waals surface area contributed by atoms with Gasteiger partial charge in [0.25, 0.3) is 11.8 Å². The van der Waals surface area contributed by atoms with Crippen LogP contribution in [0.3, 0.4) is 0 Å². The van der Waals surface area contributed by atoms with E-state index in [-0.39, 0.29) is 5.91 Å². The SMILES string of the molecule is Cc1ccccc1C(=O)NNC(=O)/C=C/c1c(Cl)cccc1Cl. The van der Waals surface area contributed by atoms with Gasteiger partial charge in [-0.25, -0.2) is 0 Å². The Balaban J connectivity index is 1.97. The zero-order valence-electron chi connectivity index (χ0n) is 12.3. The second-order valence-corrected chi connectivity index (χ2v) is 5.54. The highest BCUT2D eigenvalue weighted by Gasteiger charge is 2.08. The van der Waals surface area contributed by atoms with Crippen molar-refractivity contribution in [3.63, 3.8) is 0 Å². The van der Waals surface area contributed by atoms with Crippen molar-refractivity contribution in [3.05, 3.63) is 75.3 Å². The van der Waals surface area contributed by atoms with E-state index in [0.717, 1.165) is 5.56 Å². The first-order chi connectivity index (χ1) is 11.0. The van der Waals surface area contributed by atoms with Crippen molar-refractivity contribution in [1.82, 2.24) is 10.9 Å². The van der Waals surface area contributed by atoms with Crippen LogP contribution in [-0.4, -0.2) is 11.8 Å². The molecule has 0 fully saturated rings. The fourth-order valence-corrected chi connectivity index (χ4v) is 2.41. The predicted octanol–water partition coefficient (Wildman–Crippen LogP) is 3.78. The van der Waals surface area contributed by atoms with Crippen LogP contribution >= 0.6 is 23.2 Å². The van der Waals surface area contributed by atoms with Crippen LogP contribution in [0.15, 0.2) is 48.5 Å². The molecule has 0 aliphatic rings. The monoisotopic (exact) mass is 348 g/mol. The molecule has 23 heavy (non-hydrogen) atoms. The Hall–Kier alpha value is -2.30. The highest BCUT2D eigenvalue weighted by Crippen LogP contribution is 2.25. The standard InChI is InChI=1S/C17H14Cl2N2O2/c1-11-5-2-3-6-12(11)17(23)21-20-16(22)10-9-13-14(18)7-4-8-15(13)19/h2-10H,1H3,(H,20,22)(H,21,23)/b10-9+. The number of halogens is 2. The number of aryl methyl sites for hydroxylation is 1. The molecule has 0 aromatic heterocycles. The van der Waals surface area contributed by atoms with E-state index < -0.39 is 5.91 Å². The van der Waals surface area contributed by atoms with Crippen LogP contribution in [-0.2, 0) is 4.79 Å². The summed E-state index contributed by atoms with van der Waals surface area (Å²) in [4.78, 5) is 23.7. The molecule has 0 unspecified atom stereocenters. The minimum atomic E-state index is -0.497. The Kier molecular flexibility index (Phi) is 5.79. The van der Waals surface area contributed by atoms with Crippen LogP contribution < -0.4 is 10.9 Å². The van der Waals surface area contributed by atoms with Gasteiger partial charge >= 0.3 is 0 Å². The fraction of sp³-hybridized carbons (Fsp3) is 0.0588. The highest BCUT2D eigenvalue weighted by atomic mass is 35.5. The largest absolute Gasteiger partial charge is 0.269 e. The summed E-state index contributed by atoms with van der Waals surface area (Å²) in [5.41, 5.74) is 6.50. The van der Waals surface area contributed by atoms with Crippen molar-refractivity contribution in [3.8, 4) is 0 Å². The number of hydrogen-bond donors (Lipinski definition) is 2. The average Bonchev–Trinajstić information content (AvgIpc) is 2.52. The molecule has 2 rings (SSSR count). The molecule has 0 aliphatic heterocycles. The lowest BCUT2D eigenvalue weighted by Gasteiger charge is -2.07. The van der Waals surface area contributed by atoms with Crippen molar-refractivity contribution in [2.45, 2.75) is 6.92 Å². The van der Waals surface area contributed by atoms with Gasteiger partial charge in [-0.2, -0.15) is 0 Å². The lowest BCUT2D eigenvalue weighted by atomic mass is 10.1. The molecular formula is C17H14Cl2N2O2. The molecule has 2 aromatic rings. The topological polar surface area (TPSA) is 58.2 Å². The van der Waals surface area contributed by atoms with Gasteiger partial charge in [0.15, 0.2) is 0 Å². The average molecular weight is 349 g/mol. The third kappa shape index (κ3) is 4.58. The van der Waals surface area contributed by atoms with Crippen LogP contribution in [0.2, 0.25) is 10.0 Å². The Morgan fingerprint density at radius 3 is 2.26 bits per heavy atom. The summed E-state index contributed by atoms with van der Waals surface area (Å²) in [5.74, 6) is -0.886. The van der Waals surface area contributed by atoms with Crippen molar-refractivity contribution < 1.29 is 9.59 Å². The van der Waals surface area contributed by atoms with Gasteiger partial charge in [-0.15, -0.1) is 0 Å². The van der Waals surface area contributed by atoms with E-state index >= 15 is 0 Å². The third-order valence-corrected chi connectivity index (χ3v) is 3.75. The maximum absolute atomic E-state index is 12.0. The smallest absolute Gasteiger partial charge is 0.268 e. The number of nitrogens with one attached hydrogen (secondary N) is 2. The molecule has 0 saturated heterocycles. The van der Waals surface area contributed by atoms with Gasteiger partial charge in [0.1, 0.15) is 0 Å². The van der Waals surface area contributed by atoms with Gasteiger partial charge in [-0.3, -0.25) is 20.4 Å². The summed E-state index contributed by atoms with van der Waals surface area (Å²) in [6.45, 7) is 1.82. The maximum atomic E-state index is 12.0. The number of benzene rings is 2. The van der Waals surface area contributed by atoms with E-state index in [4.69, 9.17) is 23.2 Å². The molecule has 0 saturated carbocycles. The Morgan fingerprint density at radius 2 is 1.61 bits per heavy atom. The van der Waals surface area contributed by atoms with E-state index in [2.05, 4.69) is 10.9 Å². The number of amides is 2. The van der Waals surface area contributed by atoms with Crippen LogP contribution in [0.1, 0.15) is 21.5 Å². The molecule has 0 radical (unpaired) electrons. The summed E-state index contributed by atoms with van der Waals surface area (Å²) in [5, 5.41) is 0.871. The van der Waals surface area contributed by atoms with E-state index in [9.17, 15) is 9.59 Å². The van der Waals surface area contributed by atoms with Gasteiger partial charge in [0.05, 0.1) is 0 Å². The van der Waals surface area contributed by atoms with Gasteiger partial charge in [-0.1, -0.05) is 47.5 Å². The van der Waals surface area contributed by atoms with Gasteiger partial charge in [-0.05, 0) is 36.8 Å². The minimum absolute atomic E-state index is 0.388. The van der Waals surface area contributed by atoms with Gasteiger partial charge < -0.3 is 0 Å². The van der Waals surface area contributed by atoms with E-state index in [1.54, 1.807) is 30.3 Å². The van der Waals surface area contributed by atoms with Crippen molar-refractivity contribution in [1.29, 1.82) is 0 Å². The molecular weight excluding hydrogens is 335 g/mol. The molecule has 0 atom stereocenters. The van der Waals surface area contributed by atoms with Crippen molar-refractivity contribution >= 4 is 41.1 Å². The van der Waals surface area contributed by atoms with Crippen molar-refractivity contribution in [2.24, 2.45) is 0 Å². The Bertz CT molecular complexity index is 753. The first-order valence-electron chi connectivity index (χ1n) is 6.77. The molecule has 0 spiro atoms. The first-order valence-corrected chi connectivity index (χ1v) is 7.52. The molecule has 2 N–H and O–H groups in total. The second-order valence-electron chi connectivity index (χ2n) is 4.73. The van der Waals surface area contributed by atoms with E-state index in [1.165, 1.54) is 12.2 Å². The third-order valence-electron chi connectivity index (χ3n) is 3.09. The quantitative estimate of drug-likeness (QED) is 0.655. The summed E-state index contributed by atoms with van der Waals surface area (Å²) in [6.07, 6.45) is 2.73. The molecule has 0 aliphatic carbocycles. The molecule has 6 heteroatoms. The van der Waals surface area contributed by atoms with Crippen LogP contribution in [0.4, 0.5) is 0 Å². The lowest BCUT2D eigenvalue weighted by molar-refractivity contribution is -0.117. The number of hydrogen-bond acceptors (Lipinski definition) is 2. The molecule has 118 valence electrons. The number of carbonyl (C=O) groups is 2. The Labute approximate surface area is 144 Å². The minimum Gasteiger partial charge on any atom is -0.268 e. The second kappa shape index (κ2) is 7.81. The van der Waals surface area contributed by atoms with Crippen LogP contribution in [0.5, 0.6) is 0 Å². The lowest BCUT2D eigenvalue weighted by Crippen LogP contribution is -2.41. The normalized spacial score (nSPS) is 10.6. The highest BCUT2D eigenvalue weighted by molar-refractivity contribution is 6.37. The maximum Gasteiger partial charge on any atom is 0.269 e. The Morgan fingerprint density at radius 1 is 0.957 bits per heavy atom. The number of hydrazine groups is 1. The molecule has 2 amide bonds. The number of carbonyl (C=O) groups excluding carboxylic acids is 2. The first kappa shape index (κ1) is 17.1. The predicted molar refractivity (Wildman–Crippen MR) is 92.3 cm³/mol. The van der Waals surface area contributed by atoms with E-state index in [0.29, 0.717) is 21.2 Å². The van der Waals surface area contributed by atoms with Crippen molar-refractivity contribution in [2.75, 3.05) is 0 Å². The summed E-state index contributed by atoms with van der Waals surface area (Å²) >= 11 is 12.0. The zero-order chi connectivity index (χ0) is 16.8. The van der Waals surface area contributed by atoms with E-state index in [1.807, 2.05) is 19.1 Å². The number of rotatable bonds is 3. The summed E-state index contributed by atoms with van der Waals surface area (Å²) in [6, 6.07) is 12.1. The van der Waals surface area contributed by atoms with Crippen LogP contribution in [0.25, 0.3) is 6.08 Å². The molecule has 0 heterocycles. The fourth-order valence-electron chi connectivity index (χ4n) is 1.88. The molecule has 2 aromatic carbocycles. The van der Waals surface area contributed by atoms with Gasteiger partial charge in [0.2, 0.25) is 0 Å². The summed E-state index contributed by atoms with van der Waals surface area (Å²) in [7, 11) is 0.